The van der Waals surface area contributed by atoms with E-state index in [0.717, 1.165) is 19.2 Å². The predicted octanol–water partition coefficient (Wildman–Crippen LogP) is 0.400. The second kappa shape index (κ2) is 9.96. The third-order valence-electron chi connectivity index (χ3n) is 5.58. The van der Waals surface area contributed by atoms with Gasteiger partial charge in [-0.2, -0.15) is 0 Å². The number of amides is 6. The number of ether oxygens (including phenoxy) is 2. The highest BCUT2D eigenvalue weighted by atomic mass is 19.1. The summed E-state index contributed by atoms with van der Waals surface area (Å²) in [5.41, 5.74) is 4.95. The van der Waals surface area contributed by atoms with E-state index in [1.165, 1.54) is 32.9 Å². The number of allylic oxidation sites excluding steroid dienone is 2. The first-order chi connectivity index (χ1) is 17.4. The van der Waals surface area contributed by atoms with Crippen LogP contribution in [0.25, 0.3) is 0 Å². The minimum absolute atomic E-state index is 0.0332. The summed E-state index contributed by atoms with van der Waals surface area (Å²) in [6, 6.07) is 2.61. The number of hydrogen-bond donors (Lipinski definition) is 4. The number of benzene rings is 1. The average Bonchev–Trinajstić information content (AvgIpc) is 3.16. The smallest absolute Gasteiger partial charge is 0.338 e. The maximum absolute atomic E-state index is 13.9. The van der Waals surface area contributed by atoms with Gasteiger partial charge in [-0.05, 0) is 39.0 Å². The van der Waals surface area contributed by atoms with E-state index in [0.29, 0.717) is 10.0 Å². The van der Waals surface area contributed by atoms with Crippen molar-refractivity contribution in [3.8, 4) is 0 Å². The van der Waals surface area contributed by atoms with Gasteiger partial charge in [-0.3, -0.25) is 9.59 Å². The SMILES string of the molecule is CCOC(=O)C1=C(C)N(NC(=O)Nc2cccc(F)c2)C(=O)C12C(=O)N(NC(N)=O)C(C)=C2C(=O)OC. The first kappa shape index (κ1) is 26.7. The van der Waals surface area contributed by atoms with Crippen molar-refractivity contribution in [1.82, 2.24) is 20.9 Å². The van der Waals surface area contributed by atoms with Crippen LogP contribution in [0.5, 0.6) is 0 Å². The molecule has 0 aromatic heterocycles. The van der Waals surface area contributed by atoms with E-state index in [-0.39, 0.29) is 23.7 Å². The molecule has 2 heterocycles. The van der Waals surface area contributed by atoms with Gasteiger partial charge in [0.05, 0.1) is 36.3 Å². The van der Waals surface area contributed by atoms with Crippen LogP contribution in [0.2, 0.25) is 0 Å². The molecule has 0 bridgehead atoms. The van der Waals surface area contributed by atoms with Crippen LogP contribution in [0, 0.1) is 11.2 Å². The Bertz CT molecular complexity index is 1290. The number of methoxy groups -OCH3 is 1. The predicted molar refractivity (Wildman–Crippen MR) is 121 cm³/mol. The molecule has 2 aliphatic heterocycles. The van der Waals surface area contributed by atoms with Crippen molar-refractivity contribution in [2.24, 2.45) is 11.1 Å². The molecule has 2 aliphatic rings. The minimum atomic E-state index is -2.69. The number of urea groups is 2. The standard InChI is InChI=1S/C22H23FN6O8/c1-5-37-17(31)15-11(3)29(27-21(35)25-13-8-6-7-12(23)9-13)19(33)22(15)14(16(30)36-4)10(2)28(18(22)32)26-20(24)34/h6-9H,5H2,1-4H3,(H3,24,26,34)(H2,25,27,35). The molecule has 0 fully saturated rings. The first-order valence-corrected chi connectivity index (χ1v) is 10.7. The molecule has 14 nitrogen and oxygen atoms in total. The van der Waals surface area contributed by atoms with Gasteiger partial charge < -0.3 is 20.5 Å². The lowest BCUT2D eigenvalue weighted by Crippen LogP contribution is -2.55. The molecule has 0 saturated heterocycles. The maximum atomic E-state index is 13.9. The number of carbonyl (C=O) groups is 6. The lowest BCUT2D eigenvalue weighted by molar-refractivity contribution is -0.153. The number of nitrogens with zero attached hydrogens (tertiary/aromatic N) is 2. The van der Waals surface area contributed by atoms with Gasteiger partial charge in [0.25, 0.3) is 11.8 Å². The van der Waals surface area contributed by atoms with Crippen LogP contribution >= 0.6 is 0 Å². The van der Waals surface area contributed by atoms with Crippen molar-refractivity contribution < 1.29 is 42.6 Å². The number of rotatable bonds is 6. The molecule has 1 aromatic rings. The molecule has 1 unspecified atom stereocenters. The van der Waals surface area contributed by atoms with Crippen LogP contribution in [-0.4, -0.2) is 59.5 Å². The van der Waals surface area contributed by atoms with E-state index in [4.69, 9.17) is 15.2 Å². The summed E-state index contributed by atoms with van der Waals surface area (Å²) in [5.74, 6) is -5.45. The van der Waals surface area contributed by atoms with E-state index >= 15 is 0 Å². The first-order valence-electron chi connectivity index (χ1n) is 10.7. The number of hydrogen-bond acceptors (Lipinski definition) is 8. The number of anilines is 1. The third-order valence-corrected chi connectivity index (χ3v) is 5.58. The molecule has 6 amide bonds. The Morgan fingerprint density at radius 3 is 2.08 bits per heavy atom. The van der Waals surface area contributed by atoms with E-state index < -0.39 is 58.2 Å². The Morgan fingerprint density at radius 1 is 1.00 bits per heavy atom. The van der Waals surface area contributed by atoms with Gasteiger partial charge in [-0.1, -0.05) is 6.07 Å². The van der Waals surface area contributed by atoms with Gasteiger partial charge in [0, 0.05) is 5.69 Å². The quantitative estimate of drug-likeness (QED) is 0.307. The molecule has 196 valence electrons. The molecule has 1 spiro atoms. The molecular weight excluding hydrogens is 495 g/mol. The maximum Gasteiger partial charge on any atom is 0.338 e. The van der Waals surface area contributed by atoms with Crippen LogP contribution in [0.3, 0.4) is 0 Å². The number of nitrogens with two attached hydrogens (primary N) is 1. The number of halogens is 1. The highest BCUT2D eigenvalue weighted by Gasteiger charge is 2.70. The van der Waals surface area contributed by atoms with Crippen molar-refractivity contribution in [1.29, 1.82) is 0 Å². The minimum Gasteiger partial charge on any atom is -0.466 e. The monoisotopic (exact) mass is 518 g/mol. The number of esters is 2. The Kier molecular flexibility index (Phi) is 7.18. The Balaban J connectivity index is 2.15. The Hall–Kier alpha value is -4.95. The molecular formula is C22H23FN6O8. The molecule has 1 aromatic carbocycles. The zero-order chi connectivity index (χ0) is 27.7. The van der Waals surface area contributed by atoms with Crippen LogP contribution in [0.1, 0.15) is 20.8 Å². The van der Waals surface area contributed by atoms with Crippen molar-refractivity contribution >= 4 is 41.5 Å². The highest BCUT2D eigenvalue weighted by Crippen LogP contribution is 2.52. The molecule has 5 N–H and O–H groups in total. The van der Waals surface area contributed by atoms with Gasteiger partial charge in [0.15, 0.2) is 5.41 Å². The lowest BCUT2D eigenvalue weighted by Gasteiger charge is -2.27. The van der Waals surface area contributed by atoms with Crippen LogP contribution in [0.4, 0.5) is 19.7 Å². The molecule has 15 heteroatoms. The second-order valence-corrected chi connectivity index (χ2v) is 7.72. The fourth-order valence-corrected chi connectivity index (χ4v) is 4.16. The van der Waals surface area contributed by atoms with Gasteiger partial charge in [0.2, 0.25) is 0 Å². The van der Waals surface area contributed by atoms with E-state index in [9.17, 15) is 33.2 Å². The number of hydrazine groups is 2. The highest BCUT2D eigenvalue weighted by molar-refractivity contribution is 6.27. The van der Waals surface area contributed by atoms with Crippen molar-refractivity contribution in [2.45, 2.75) is 20.8 Å². The van der Waals surface area contributed by atoms with Gasteiger partial charge in [-0.15, -0.1) is 0 Å². The summed E-state index contributed by atoms with van der Waals surface area (Å²) in [5, 5.41) is 3.41. The molecule has 37 heavy (non-hydrogen) atoms. The summed E-state index contributed by atoms with van der Waals surface area (Å²) < 4.78 is 23.3. The number of carbonyl (C=O) groups excluding carboxylic acids is 6. The van der Waals surface area contributed by atoms with E-state index in [1.54, 1.807) is 0 Å². The normalized spacial score (nSPS) is 18.9. The van der Waals surface area contributed by atoms with Crippen LogP contribution < -0.4 is 21.9 Å². The van der Waals surface area contributed by atoms with Crippen molar-refractivity contribution in [2.75, 3.05) is 19.0 Å². The van der Waals surface area contributed by atoms with Crippen molar-refractivity contribution in [3.63, 3.8) is 0 Å². The summed E-state index contributed by atoms with van der Waals surface area (Å²) in [7, 11) is 0.980. The van der Waals surface area contributed by atoms with Gasteiger partial charge >= 0.3 is 24.0 Å². The van der Waals surface area contributed by atoms with E-state index in [2.05, 4.69) is 10.7 Å². The largest absolute Gasteiger partial charge is 0.466 e. The zero-order valence-electron chi connectivity index (χ0n) is 20.1. The summed E-state index contributed by atoms with van der Waals surface area (Å²) in [6.07, 6.45) is 0. The molecule has 0 radical (unpaired) electrons. The molecule has 0 saturated carbocycles. The fourth-order valence-electron chi connectivity index (χ4n) is 4.16. The van der Waals surface area contributed by atoms with Crippen molar-refractivity contribution in [3.05, 3.63) is 52.6 Å². The summed E-state index contributed by atoms with van der Waals surface area (Å²) in [6.45, 7) is 3.75. The topological polar surface area (TPSA) is 189 Å². The number of nitrogens with one attached hydrogen (secondary N) is 3. The fraction of sp³-hybridized carbons (Fsp3) is 0.273. The zero-order valence-corrected chi connectivity index (χ0v) is 20.1. The molecule has 1 atom stereocenters. The van der Waals surface area contributed by atoms with Gasteiger partial charge in [0.1, 0.15) is 5.82 Å². The van der Waals surface area contributed by atoms with Crippen LogP contribution in [0.15, 0.2) is 46.8 Å². The average molecular weight is 518 g/mol. The summed E-state index contributed by atoms with van der Waals surface area (Å²) >= 11 is 0. The van der Waals surface area contributed by atoms with Gasteiger partial charge in [-0.25, -0.2) is 44.4 Å². The Morgan fingerprint density at radius 2 is 1.57 bits per heavy atom. The second-order valence-electron chi connectivity index (χ2n) is 7.72. The molecule has 3 rings (SSSR count). The third kappa shape index (κ3) is 4.30. The lowest BCUT2D eigenvalue weighted by atomic mass is 9.74. The Labute approximate surface area is 209 Å². The number of primary amides is 1. The summed E-state index contributed by atoms with van der Waals surface area (Å²) in [4.78, 5) is 77.7. The van der Waals surface area contributed by atoms with Crippen LogP contribution in [-0.2, 0) is 28.7 Å². The molecule has 0 aliphatic carbocycles. The van der Waals surface area contributed by atoms with E-state index in [1.807, 2.05) is 5.43 Å².